The van der Waals surface area contributed by atoms with Crippen LogP contribution in [0.5, 0.6) is 0 Å². The van der Waals surface area contributed by atoms with Gasteiger partial charge in [-0.1, -0.05) is 97.1 Å². The quantitative estimate of drug-likeness (QED) is 0.253. The van der Waals surface area contributed by atoms with Crippen molar-refractivity contribution < 1.29 is 0 Å². The summed E-state index contributed by atoms with van der Waals surface area (Å²) in [5.74, 6) is 0.777. The molecule has 0 radical (unpaired) electrons. The Morgan fingerprint density at radius 1 is 0.632 bits per heavy atom. The monoisotopic (exact) mass is 484 g/mol. The lowest BCUT2D eigenvalue weighted by molar-refractivity contribution is 0.725. The highest BCUT2D eigenvalue weighted by Crippen LogP contribution is 2.55. The first-order valence-electron chi connectivity index (χ1n) is 13.4. The molecule has 178 valence electrons. The van der Waals surface area contributed by atoms with Crippen molar-refractivity contribution in [1.29, 1.82) is 0 Å². The predicted octanol–water partition coefficient (Wildman–Crippen LogP) is 8.94. The van der Waals surface area contributed by atoms with Crippen molar-refractivity contribution in [3.63, 3.8) is 0 Å². The molecule has 2 heterocycles. The second-order valence-corrected chi connectivity index (χ2v) is 10.6. The third-order valence-electron chi connectivity index (χ3n) is 8.80. The summed E-state index contributed by atoms with van der Waals surface area (Å²) in [5.41, 5.74) is 11.9. The first kappa shape index (κ1) is 20.3. The van der Waals surface area contributed by atoms with E-state index in [1.165, 1.54) is 66.2 Å². The van der Waals surface area contributed by atoms with Crippen LogP contribution < -0.4 is 0 Å². The van der Waals surface area contributed by atoms with E-state index in [2.05, 4.69) is 131 Å². The second-order valence-electron chi connectivity index (χ2n) is 10.6. The van der Waals surface area contributed by atoms with Crippen LogP contribution in [0.15, 0.2) is 128 Å². The van der Waals surface area contributed by atoms with Gasteiger partial charge in [0.2, 0.25) is 0 Å². The second kappa shape index (κ2) is 7.36. The summed E-state index contributed by atoms with van der Waals surface area (Å²) in [5, 5.41) is 5.14. The highest BCUT2D eigenvalue weighted by atomic mass is 15.0. The standard InChI is InChI=1S/C36H24N2/c1-2-7-26-22(6-1)14-19-33-35(26)32-20-21-37-36(32)38(33)24-15-12-23(13-16-24)25-17-18-31-28-9-4-3-8-27(28)30-11-5-10-29(25)34(30)31/h1-21,29,34,37H. The van der Waals surface area contributed by atoms with Crippen LogP contribution in [0, 0.1) is 11.8 Å². The fourth-order valence-corrected chi connectivity index (χ4v) is 7.18. The Bertz CT molecular complexity index is 2070. The van der Waals surface area contributed by atoms with Gasteiger partial charge in [0.05, 0.1) is 5.52 Å². The Labute approximate surface area is 220 Å². The van der Waals surface area contributed by atoms with Gasteiger partial charge in [0, 0.05) is 34.5 Å². The van der Waals surface area contributed by atoms with Gasteiger partial charge in [-0.05, 0) is 68.4 Å². The average molecular weight is 485 g/mol. The molecule has 2 unspecified atom stereocenters. The minimum atomic E-state index is 0.363. The van der Waals surface area contributed by atoms with Crippen molar-refractivity contribution in [3.05, 3.63) is 144 Å². The van der Waals surface area contributed by atoms with Gasteiger partial charge in [0.15, 0.2) is 0 Å². The number of hydrogen-bond acceptors (Lipinski definition) is 0. The Kier molecular flexibility index (Phi) is 3.93. The molecule has 4 aromatic carbocycles. The molecular weight excluding hydrogens is 460 g/mol. The molecule has 0 bridgehead atoms. The summed E-state index contributed by atoms with van der Waals surface area (Å²) in [6.45, 7) is 0. The molecule has 0 aliphatic heterocycles. The zero-order valence-electron chi connectivity index (χ0n) is 20.7. The Morgan fingerprint density at radius 2 is 1.39 bits per heavy atom. The van der Waals surface area contributed by atoms with Gasteiger partial charge in [0.25, 0.3) is 0 Å². The molecule has 0 amide bonds. The van der Waals surface area contributed by atoms with Gasteiger partial charge in [-0.25, -0.2) is 0 Å². The molecule has 2 heteroatoms. The van der Waals surface area contributed by atoms with Crippen LogP contribution in [0.2, 0.25) is 0 Å². The van der Waals surface area contributed by atoms with Crippen molar-refractivity contribution in [2.24, 2.45) is 11.8 Å². The van der Waals surface area contributed by atoms with Gasteiger partial charge in [-0.3, -0.25) is 4.57 Å². The summed E-state index contributed by atoms with van der Waals surface area (Å²) in [6.07, 6.45) is 13.7. The van der Waals surface area contributed by atoms with Gasteiger partial charge in [-0.2, -0.15) is 0 Å². The maximum Gasteiger partial charge on any atom is 0.123 e. The first-order chi connectivity index (χ1) is 18.9. The van der Waals surface area contributed by atoms with E-state index in [0.29, 0.717) is 11.8 Å². The maximum atomic E-state index is 3.51. The van der Waals surface area contributed by atoms with E-state index in [0.717, 1.165) is 5.65 Å². The summed E-state index contributed by atoms with van der Waals surface area (Å²) in [6, 6.07) is 33.4. The van der Waals surface area contributed by atoms with E-state index in [1.54, 1.807) is 0 Å². The number of allylic oxidation sites excluding steroid dienone is 8. The van der Waals surface area contributed by atoms with Gasteiger partial charge >= 0.3 is 0 Å². The van der Waals surface area contributed by atoms with E-state index in [-0.39, 0.29) is 0 Å². The molecular formula is C36H24N2. The molecule has 6 aromatic rings. The molecule has 0 spiro atoms. The van der Waals surface area contributed by atoms with Crippen LogP contribution in [-0.2, 0) is 0 Å². The van der Waals surface area contributed by atoms with Gasteiger partial charge in [0.1, 0.15) is 5.65 Å². The number of nitrogens with one attached hydrogen (secondary N) is 1. The zero-order valence-corrected chi connectivity index (χ0v) is 20.7. The molecule has 2 nitrogen and oxygen atoms in total. The van der Waals surface area contributed by atoms with E-state index in [9.17, 15) is 0 Å². The SMILES string of the molecule is C1=CC2C(c3ccc(-n4c5ccc6ccccc6c5c5cc[nH]c54)cc3)=CC=C3c4ccccc4C(=C1)C32. The van der Waals surface area contributed by atoms with Crippen molar-refractivity contribution in [1.82, 2.24) is 9.55 Å². The molecule has 3 aliphatic rings. The van der Waals surface area contributed by atoms with E-state index in [4.69, 9.17) is 0 Å². The third kappa shape index (κ3) is 2.57. The molecule has 0 saturated heterocycles. The molecule has 0 fully saturated rings. The number of nitrogens with zero attached hydrogens (tertiary/aromatic N) is 1. The van der Waals surface area contributed by atoms with Crippen LogP contribution in [0.4, 0.5) is 0 Å². The summed E-state index contributed by atoms with van der Waals surface area (Å²) in [4.78, 5) is 3.51. The minimum absolute atomic E-state index is 0.363. The number of aromatic nitrogens is 2. The van der Waals surface area contributed by atoms with Crippen LogP contribution in [0.25, 0.3) is 55.1 Å². The van der Waals surface area contributed by atoms with Crippen molar-refractivity contribution in [3.8, 4) is 5.69 Å². The van der Waals surface area contributed by atoms with Crippen LogP contribution in [-0.4, -0.2) is 9.55 Å². The number of rotatable bonds is 2. The Morgan fingerprint density at radius 3 is 2.26 bits per heavy atom. The molecule has 2 atom stereocenters. The number of fused-ring (bicyclic) bond motifs is 8. The number of benzene rings is 4. The maximum absolute atomic E-state index is 3.51. The molecule has 9 rings (SSSR count). The molecule has 3 aliphatic carbocycles. The molecule has 1 N–H and O–H groups in total. The normalized spacial score (nSPS) is 19.4. The highest BCUT2D eigenvalue weighted by molar-refractivity contribution is 6.20. The molecule has 38 heavy (non-hydrogen) atoms. The van der Waals surface area contributed by atoms with Gasteiger partial charge < -0.3 is 4.98 Å². The van der Waals surface area contributed by atoms with E-state index < -0.39 is 0 Å². The summed E-state index contributed by atoms with van der Waals surface area (Å²) in [7, 11) is 0. The minimum Gasteiger partial charge on any atom is -0.347 e. The number of aromatic amines is 1. The molecule has 2 aromatic heterocycles. The lowest BCUT2D eigenvalue weighted by Gasteiger charge is -2.31. The fourth-order valence-electron chi connectivity index (χ4n) is 7.18. The average Bonchev–Trinajstić information content (AvgIpc) is 3.66. The smallest absolute Gasteiger partial charge is 0.123 e. The van der Waals surface area contributed by atoms with Crippen LogP contribution >= 0.6 is 0 Å². The molecule has 0 saturated carbocycles. The van der Waals surface area contributed by atoms with Crippen molar-refractivity contribution in [2.45, 2.75) is 0 Å². The van der Waals surface area contributed by atoms with Crippen LogP contribution in [0.1, 0.15) is 16.7 Å². The summed E-state index contributed by atoms with van der Waals surface area (Å²) >= 11 is 0. The largest absolute Gasteiger partial charge is 0.347 e. The third-order valence-corrected chi connectivity index (χ3v) is 8.80. The number of H-pyrrole nitrogens is 1. The first-order valence-corrected chi connectivity index (χ1v) is 13.4. The lowest BCUT2D eigenvalue weighted by atomic mass is 9.72. The highest BCUT2D eigenvalue weighted by Gasteiger charge is 2.40. The summed E-state index contributed by atoms with van der Waals surface area (Å²) < 4.78 is 2.36. The Hall–Kier alpha value is -4.82. The zero-order chi connectivity index (χ0) is 24.8. The van der Waals surface area contributed by atoms with E-state index in [1.807, 2.05) is 6.20 Å². The van der Waals surface area contributed by atoms with Gasteiger partial charge in [-0.15, -0.1) is 0 Å². The van der Waals surface area contributed by atoms with E-state index >= 15 is 0 Å². The fraction of sp³-hybridized carbons (Fsp3) is 0.0556. The topological polar surface area (TPSA) is 20.7 Å². The Balaban J connectivity index is 1.17. The van der Waals surface area contributed by atoms with Crippen molar-refractivity contribution >= 4 is 49.4 Å². The lowest BCUT2D eigenvalue weighted by Crippen LogP contribution is -2.18. The van der Waals surface area contributed by atoms with Crippen molar-refractivity contribution in [2.75, 3.05) is 0 Å². The number of hydrogen-bond donors (Lipinski definition) is 1. The predicted molar refractivity (Wildman–Crippen MR) is 159 cm³/mol. The van der Waals surface area contributed by atoms with Crippen LogP contribution in [0.3, 0.4) is 0 Å².